The number of ether oxygens (including phenoxy) is 2. The van der Waals surface area contributed by atoms with Gasteiger partial charge in [0.2, 0.25) is 5.91 Å². The lowest BCUT2D eigenvalue weighted by molar-refractivity contribution is -0.115. The molecule has 12 heteroatoms. The van der Waals surface area contributed by atoms with E-state index < -0.39 is 30.1 Å². The van der Waals surface area contributed by atoms with Crippen LogP contribution in [0.15, 0.2) is 36.9 Å². The van der Waals surface area contributed by atoms with Gasteiger partial charge in [0.25, 0.3) is 6.43 Å². The second kappa shape index (κ2) is 10.8. The van der Waals surface area contributed by atoms with Crippen LogP contribution in [-0.2, 0) is 27.7 Å². The summed E-state index contributed by atoms with van der Waals surface area (Å²) >= 11 is 0. The summed E-state index contributed by atoms with van der Waals surface area (Å²) in [6, 6.07) is 3.23. The van der Waals surface area contributed by atoms with Crippen molar-refractivity contribution in [3.63, 3.8) is 0 Å². The molecule has 1 amide bonds. The summed E-state index contributed by atoms with van der Waals surface area (Å²) in [5.41, 5.74) is 0.697. The average Bonchev–Trinajstić information content (AvgIpc) is 3.49. The van der Waals surface area contributed by atoms with Gasteiger partial charge in [0.05, 0.1) is 54.4 Å². The van der Waals surface area contributed by atoms with E-state index in [2.05, 4.69) is 25.7 Å². The summed E-state index contributed by atoms with van der Waals surface area (Å²) in [6.45, 7) is 2.46. The molecule has 35 heavy (non-hydrogen) atoms. The Morgan fingerprint density at radius 3 is 2.63 bits per heavy atom. The third kappa shape index (κ3) is 5.60. The Hall–Kier alpha value is -3.51. The Labute approximate surface area is 199 Å². The molecule has 1 aromatic carbocycles. The molecule has 0 spiro atoms. The Kier molecular flexibility index (Phi) is 7.61. The number of aromatic nitrogens is 4. The topological polar surface area (TPSA) is 103 Å². The number of alkyl halides is 2. The van der Waals surface area contributed by atoms with Gasteiger partial charge in [-0.1, -0.05) is 25.1 Å². The number of carbonyl (C=O) groups excluding carboxylic acids is 1. The maximum atomic E-state index is 14.9. The fourth-order valence-electron chi connectivity index (χ4n) is 3.87. The molecule has 186 valence electrons. The van der Waals surface area contributed by atoms with Crippen LogP contribution in [0.3, 0.4) is 0 Å². The summed E-state index contributed by atoms with van der Waals surface area (Å²) in [4.78, 5) is 21.2. The Balaban J connectivity index is 1.64. The maximum absolute atomic E-state index is 14.9. The average molecular weight is 490 g/mol. The molecular formula is C23H25F3N6O3. The molecule has 1 atom stereocenters. The lowest BCUT2D eigenvalue weighted by atomic mass is 10.00. The Bertz CT molecular complexity index is 1180. The zero-order valence-corrected chi connectivity index (χ0v) is 19.2. The highest BCUT2D eigenvalue weighted by Crippen LogP contribution is 2.35. The molecule has 1 aliphatic rings. The van der Waals surface area contributed by atoms with E-state index in [0.717, 1.165) is 6.07 Å². The Morgan fingerprint density at radius 1 is 1.23 bits per heavy atom. The minimum Gasteiger partial charge on any atom is -0.363 e. The number of halogens is 3. The fraction of sp³-hybridized carbons (Fsp3) is 0.391. The summed E-state index contributed by atoms with van der Waals surface area (Å²) in [7, 11) is 1.73. The van der Waals surface area contributed by atoms with E-state index in [1.807, 2.05) is 0 Å². The van der Waals surface area contributed by atoms with E-state index in [1.54, 1.807) is 24.9 Å². The zero-order chi connectivity index (χ0) is 24.9. The summed E-state index contributed by atoms with van der Waals surface area (Å²) < 4.78 is 54.2. The molecule has 2 N–H and O–H groups in total. The van der Waals surface area contributed by atoms with E-state index in [0.29, 0.717) is 36.6 Å². The fourth-order valence-corrected chi connectivity index (χ4v) is 3.87. The third-order valence-electron chi connectivity index (χ3n) is 5.53. The molecule has 0 saturated carbocycles. The minimum absolute atomic E-state index is 0.0824. The highest BCUT2D eigenvalue weighted by molar-refractivity contribution is 5.92. The van der Waals surface area contributed by atoms with Crippen molar-refractivity contribution in [2.24, 2.45) is 7.05 Å². The van der Waals surface area contributed by atoms with Gasteiger partial charge < -0.3 is 20.1 Å². The van der Waals surface area contributed by atoms with Crippen LogP contribution in [0.5, 0.6) is 0 Å². The second-order valence-electron chi connectivity index (χ2n) is 7.94. The molecule has 0 aliphatic carbocycles. The van der Waals surface area contributed by atoms with Crippen LogP contribution in [0.25, 0.3) is 0 Å². The van der Waals surface area contributed by atoms with Crippen LogP contribution in [-0.4, -0.2) is 38.9 Å². The number of amides is 1. The number of anilines is 2. The van der Waals surface area contributed by atoms with E-state index in [-0.39, 0.29) is 23.7 Å². The van der Waals surface area contributed by atoms with Gasteiger partial charge in [0, 0.05) is 18.8 Å². The number of benzene rings is 1. The van der Waals surface area contributed by atoms with Gasteiger partial charge in [-0.2, -0.15) is 5.10 Å². The van der Waals surface area contributed by atoms with E-state index in [1.165, 1.54) is 24.7 Å². The van der Waals surface area contributed by atoms with Crippen LogP contribution < -0.4 is 10.6 Å². The highest BCUT2D eigenvalue weighted by Gasteiger charge is 2.29. The van der Waals surface area contributed by atoms with Crippen molar-refractivity contribution in [3.8, 4) is 0 Å². The van der Waals surface area contributed by atoms with Crippen LogP contribution >= 0.6 is 0 Å². The first-order valence-electron chi connectivity index (χ1n) is 11.1. The molecule has 3 heterocycles. The second-order valence-corrected chi connectivity index (χ2v) is 7.94. The number of nitrogens with zero attached hydrogens (tertiary/aromatic N) is 4. The quantitative estimate of drug-likeness (QED) is 0.466. The number of carbonyl (C=O) groups is 1. The highest BCUT2D eigenvalue weighted by atomic mass is 19.3. The van der Waals surface area contributed by atoms with Crippen molar-refractivity contribution in [2.45, 2.75) is 38.5 Å². The van der Waals surface area contributed by atoms with Crippen LogP contribution in [0, 0.1) is 5.82 Å². The summed E-state index contributed by atoms with van der Waals surface area (Å²) in [6.07, 6.45) is 0.923. The van der Waals surface area contributed by atoms with E-state index >= 15 is 0 Å². The van der Waals surface area contributed by atoms with Crippen molar-refractivity contribution in [2.75, 3.05) is 23.8 Å². The molecule has 0 radical (unpaired) electrons. The van der Waals surface area contributed by atoms with Crippen molar-refractivity contribution in [3.05, 3.63) is 65.1 Å². The SMILES string of the molecule is CC[C@@H](Nc1ncnc(CC(=O)Nc2cnn(C)c2)c1C1OCCO1)c1cccc(C(F)F)c1F. The molecule has 1 saturated heterocycles. The van der Waals surface area contributed by atoms with Crippen molar-refractivity contribution < 1.29 is 27.4 Å². The Morgan fingerprint density at radius 2 is 1.97 bits per heavy atom. The van der Waals surface area contributed by atoms with Crippen molar-refractivity contribution in [1.82, 2.24) is 19.7 Å². The summed E-state index contributed by atoms with van der Waals surface area (Å²) in [5, 5.41) is 9.88. The van der Waals surface area contributed by atoms with Gasteiger partial charge in [0.15, 0.2) is 6.29 Å². The molecule has 0 unspecified atom stereocenters. The summed E-state index contributed by atoms with van der Waals surface area (Å²) in [5.74, 6) is -1.05. The molecule has 1 fully saturated rings. The lowest BCUT2D eigenvalue weighted by Gasteiger charge is -2.23. The smallest absolute Gasteiger partial charge is 0.266 e. The maximum Gasteiger partial charge on any atom is 0.266 e. The first-order chi connectivity index (χ1) is 16.9. The predicted molar refractivity (Wildman–Crippen MR) is 120 cm³/mol. The number of hydrogen-bond acceptors (Lipinski definition) is 7. The first-order valence-corrected chi connectivity index (χ1v) is 11.1. The van der Waals surface area contributed by atoms with Gasteiger partial charge in [-0.3, -0.25) is 9.48 Å². The molecule has 4 rings (SSSR count). The molecule has 2 aromatic heterocycles. The number of aryl methyl sites for hydroxylation is 1. The molecule has 3 aromatic rings. The van der Waals surface area contributed by atoms with Gasteiger partial charge in [-0.05, 0) is 6.42 Å². The molecule has 9 nitrogen and oxygen atoms in total. The first kappa shape index (κ1) is 24.6. The minimum atomic E-state index is -2.94. The predicted octanol–water partition coefficient (Wildman–Crippen LogP) is 4.08. The zero-order valence-electron chi connectivity index (χ0n) is 19.2. The van der Waals surface area contributed by atoms with E-state index in [9.17, 15) is 18.0 Å². The van der Waals surface area contributed by atoms with Crippen LogP contribution in [0.1, 0.15) is 54.5 Å². The van der Waals surface area contributed by atoms with Gasteiger partial charge in [-0.15, -0.1) is 0 Å². The van der Waals surface area contributed by atoms with Crippen LogP contribution in [0.4, 0.5) is 24.7 Å². The normalized spacial score (nSPS) is 14.9. The number of hydrogen-bond donors (Lipinski definition) is 2. The van der Waals surface area contributed by atoms with Gasteiger partial charge in [-0.25, -0.2) is 23.1 Å². The van der Waals surface area contributed by atoms with Gasteiger partial charge >= 0.3 is 0 Å². The molecule has 1 aliphatic heterocycles. The van der Waals surface area contributed by atoms with Crippen molar-refractivity contribution >= 4 is 17.4 Å². The number of nitrogens with one attached hydrogen (secondary N) is 2. The molecule has 0 bridgehead atoms. The number of rotatable bonds is 9. The largest absolute Gasteiger partial charge is 0.363 e. The van der Waals surface area contributed by atoms with E-state index in [4.69, 9.17) is 9.47 Å². The molecular weight excluding hydrogens is 465 g/mol. The lowest BCUT2D eigenvalue weighted by Crippen LogP contribution is -2.21. The third-order valence-corrected chi connectivity index (χ3v) is 5.53. The monoisotopic (exact) mass is 490 g/mol. The standard InChI is InChI=1S/C23H25F3N6O3/c1-3-16(14-5-4-6-15(20(14)24)21(25)26)31-22-19(23-34-7-8-35-23)17(27-12-28-22)9-18(33)30-13-10-29-32(2)11-13/h4-6,10-12,16,21,23H,3,7-9H2,1-2H3,(H,30,33)(H,27,28,31)/t16-/m1/s1. The van der Waals surface area contributed by atoms with Crippen molar-refractivity contribution in [1.29, 1.82) is 0 Å². The van der Waals surface area contributed by atoms with Crippen LogP contribution in [0.2, 0.25) is 0 Å². The van der Waals surface area contributed by atoms with Gasteiger partial charge in [0.1, 0.15) is 18.0 Å².